The van der Waals surface area contributed by atoms with Crippen molar-refractivity contribution in [2.75, 3.05) is 11.9 Å². The summed E-state index contributed by atoms with van der Waals surface area (Å²) < 4.78 is 0. The Labute approximate surface area is 124 Å². The van der Waals surface area contributed by atoms with Crippen LogP contribution in [0.3, 0.4) is 0 Å². The number of nitrogens with zero attached hydrogens (tertiary/aromatic N) is 1. The molecule has 0 fully saturated rings. The van der Waals surface area contributed by atoms with Gasteiger partial charge in [-0.2, -0.15) is 0 Å². The number of carbonyl (C=O) groups is 2. The number of allylic oxidation sites excluding steroid dienone is 1. The first-order valence-electron chi connectivity index (χ1n) is 7.35. The van der Waals surface area contributed by atoms with Gasteiger partial charge in [0, 0.05) is 25.2 Å². The van der Waals surface area contributed by atoms with Gasteiger partial charge in [-0.15, -0.1) is 0 Å². The topological polar surface area (TPSA) is 71.1 Å². The number of hydrogen-bond acceptors (Lipinski definition) is 3. The Hall–Kier alpha value is -2.17. The molecule has 1 aromatic rings. The van der Waals surface area contributed by atoms with E-state index in [0.29, 0.717) is 17.9 Å². The molecule has 1 heterocycles. The first-order valence-corrected chi connectivity index (χ1v) is 7.35. The van der Waals surface area contributed by atoms with Gasteiger partial charge < -0.3 is 10.6 Å². The average molecular weight is 287 g/mol. The Morgan fingerprint density at radius 2 is 2.19 bits per heavy atom. The normalized spacial score (nSPS) is 14.2. The fraction of sp³-hybridized carbons (Fsp3) is 0.438. The smallest absolute Gasteiger partial charge is 0.251 e. The molecule has 2 rings (SSSR count). The summed E-state index contributed by atoms with van der Waals surface area (Å²) in [6.45, 7) is 2.05. The third kappa shape index (κ3) is 5.02. The average Bonchev–Trinajstić information content (AvgIpc) is 2.48. The molecule has 2 amide bonds. The zero-order chi connectivity index (χ0) is 15.1. The van der Waals surface area contributed by atoms with Crippen molar-refractivity contribution in [2.45, 2.75) is 39.0 Å². The van der Waals surface area contributed by atoms with E-state index in [-0.39, 0.29) is 11.8 Å². The SMILES string of the molecule is CC(=O)Nc1cc(C(=O)NCCC2=CCCCC2)ccn1. The van der Waals surface area contributed by atoms with E-state index in [2.05, 4.69) is 21.7 Å². The minimum atomic E-state index is -0.204. The monoisotopic (exact) mass is 287 g/mol. The molecule has 0 radical (unpaired) electrons. The van der Waals surface area contributed by atoms with Crippen LogP contribution in [-0.2, 0) is 4.79 Å². The number of anilines is 1. The summed E-state index contributed by atoms with van der Waals surface area (Å²) in [6.07, 6.45) is 9.56. The molecule has 1 aromatic heterocycles. The minimum Gasteiger partial charge on any atom is -0.352 e. The van der Waals surface area contributed by atoms with Crippen LogP contribution in [0.2, 0.25) is 0 Å². The molecular weight excluding hydrogens is 266 g/mol. The van der Waals surface area contributed by atoms with Crippen molar-refractivity contribution in [1.82, 2.24) is 10.3 Å². The Morgan fingerprint density at radius 1 is 1.33 bits per heavy atom. The van der Waals surface area contributed by atoms with Crippen LogP contribution in [0, 0.1) is 0 Å². The van der Waals surface area contributed by atoms with E-state index < -0.39 is 0 Å². The van der Waals surface area contributed by atoms with Crippen molar-refractivity contribution in [3.8, 4) is 0 Å². The van der Waals surface area contributed by atoms with Crippen LogP contribution in [0.15, 0.2) is 30.0 Å². The second-order valence-corrected chi connectivity index (χ2v) is 5.22. The highest BCUT2D eigenvalue weighted by Gasteiger charge is 2.08. The van der Waals surface area contributed by atoms with Crippen molar-refractivity contribution >= 4 is 17.6 Å². The molecule has 0 aromatic carbocycles. The van der Waals surface area contributed by atoms with Gasteiger partial charge in [0.05, 0.1) is 0 Å². The van der Waals surface area contributed by atoms with Crippen molar-refractivity contribution in [3.63, 3.8) is 0 Å². The molecule has 0 unspecified atom stereocenters. The van der Waals surface area contributed by atoms with Crippen LogP contribution in [0.5, 0.6) is 0 Å². The lowest BCUT2D eigenvalue weighted by molar-refractivity contribution is -0.114. The van der Waals surface area contributed by atoms with E-state index in [0.717, 1.165) is 19.3 Å². The van der Waals surface area contributed by atoms with E-state index >= 15 is 0 Å². The lowest BCUT2D eigenvalue weighted by Crippen LogP contribution is -2.25. The molecule has 0 spiro atoms. The first-order chi connectivity index (χ1) is 10.1. The van der Waals surface area contributed by atoms with Crippen molar-refractivity contribution in [2.24, 2.45) is 0 Å². The fourth-order valence-electron chi connectivity index (χ4n) is 2.39. The molecule has 0 saturated carbocycles. The number of aromatic nitrogens is 1. The van der Waals surface area contributed by atoms with Gasteiger partial charge in [-0.25, -0.2) is 4.98 Å². The first kappa shape index (κ1) is 15.2. The van der Waals surface area contributed by atoms with Crippen LogP contribution in [0.4, 0.5) is 5.82 Å². The Bertz CT molecular complexity index is 552. The molecule has 5 nitrogen and oxygen atoms in total. The third-order valence-electron chi connectivity index (χ3n) is 3.44. The largest absolute Gasteiger partial charge is 0.352 e. The highest BCUT2D eigenvalue weighted by molar-refractivity contribution is 5.96. The lowest BCUT2D eigenvalue weighted by Gasteiger charge is -2.13. The fourth-order valence-corrected chi connectivity index (χ4v) is 2.39. The van der Waals surface area contributed by atoms with Crippen LogP contribution in [-0.4, -0.2) is 23.3 Å². The standard InChI is InChI=1S/C16H21N3O2/c1-12(20)19-15-11-14(8-10-17-15)16(21)18-9-7-13-5-3-2-4-6-13/h5,8,10-11H,2-4,6-7,9H2,1H3,(H,18,21)(H,17,19,20). The molecule has 2 N–H and O–H groups in total. The number of hydrogen-bond donors (Lipinski definition) is 2. The van der Waals surface area contributed by atoms with E-state index in [1.165, 1.54) is 31.5 Å². The maximum atomic E-state index is 12.1. The predicted molar refractivity (Wildman–Crippen MR) is 82.0 cm³/mol. The molecule has 0 atom stereocenters. The van der Waals surface area contributed by atoms with Crippen molar-refractivity contribution in [3.05, 3.63) is 35.5 Å². The van der Waals surface area contributed by atoms with Crippen molar-refractivity contribution < 1.29 is 9.59 Å². The molecular formula is C16H21N3O2. The van der Waals surface area contributed by atoms with Crippen LogP contribution in [0.25, 0.3) is 0 Å². The van der Waals surface area contributed by atoms with E-state index in [4.69, 9.17) is 0 Å². The quantitative estimate of drug-likeness (QED) is 0.818. The lowest BCUT2D eigenvalue weighted by atomic mass is 9.97. The number of rotatable bonds is 5. The van der Waals surface area contributed by atoms with Gasteiger partial charge in [-0.1, -0.05) is 11.6 Å². The van der Waals surface area contributed by atoms with Crippen molar-refractivity contribution in [1.29, 1.82) is 0 Å². The van der Waals surface area contributed by atoms with Crippen LogP contribution in [0.1, 0.15) is 49.4 Å². The Morgan fingerprint density at radius 3 is 2.90 bits per heavy atom. The molecule has 0 aliphatic heterocycles. The summed E-state index contributed by atoms with van der Waals surface area (Å²) in [5.41, 5.74) is 1.95. The van der Waals surface area contributed by atoms with Gasteiger partial charge in [-0.05, 0) is 44.2 Å². The summed E-state index contributed by atoms with van der Waals surface area (Å²) in [4.78, 5) is 27.0. The van der Waals surface area contributed by atoms with Gasteiger partial charge in [0.15, 0.2) is 0 Å². The summed E-state index contributed by atoms with van der Waals surface area (Å²) in [5, 5.41) is 5.48. The number of nitrogens with one attached hydrogen (secondary N) is 2. The van der Waals surface area contributed by atoms with Gasteiger partial charge in [0.2, 0.25) is 5.91 Å². The van der Waals surface area contributed by atoms with Gasteiger partial charge in [0.1, 0.15) is 5.82 Å². The summed E-state index contributed by atoms with van der Waals surface area (Å²) in [6, 6.07) is 3.22. The van der Waals surface area contributed by atoms with E-state index in [9.17, 15) is 9.59 Å². The van der Waals surface area contributed by atoms with Gasteiger partial charge >= 0.3 is 0 Å². The van der Waals surface area contributed by atoms with Gasteiger partial charge in [-0.3, -0.25) is 9.59 Å². The number of amides is 2. The summed E-state index contributed by atoms with van der Waals surface area (Å²) >= 11 is 0. The Kier molecular flexibility index (Phi) is 5.49. The van der Waals surface area contributed by atoms with Crippen LogP contribution >= 0.6 is 0 Å². The Balaban J connectivity index is 1.85. The number of carbonyl (C=O) groups excluding carboxylic acids is 2. The molecule has 5 heteroatoms. The maximum Gasteiger partial charge on any atom is 0.251 e. The zero-order valence-corrected chi connectivity index (χ0v) is 12.3. The number of pyridine rings is 1. The summed E-state index contributed by atoms with van der Waals surface area (Å²) in [5.74, 6) is 0.0508. The van der Waals surface area contributed by atoms with E-state index in [1.807, 2.05) is 0 Å². The third-order valence-corrected chi connectivity index (χ3v) is 3.44. The summed E-state index contributed by atoms with van der Waals surface area (Å²) in [7, 11) is 0. The highest BCUT2D eigenvalue weighted by atomic mass is 16.2. The minimum absolute atomic E-state index is 0.139. The molecule has 1 aliphatic rings. The molecule has 0 saturated heterocycles. The molecule has 1 aliphatic carbocycles. The molecule has 112 valence electrons. The maximum absolute atomic E-state index is 12.1. The zero-order valence-electron chi connectivity index (χ0n) is 12.3. The molecule has 0 bridgehead atoms. The van der Waals surface area contributed by atoms with Gasteiger partial charge in [0.25, 0.3) is 5.91 Å². The second-order valence-electron chi connectivity index (χ2n) is 5.22. The predicted octanol–water partition coefficient (Wildman–Crippen LogP) is 2.66. The van der Waals surface area contributed by atoms with Crippen LogP contribution < -0.4 is 10.6 Å². The second kappa shape index (κ2) is 7.57. The van der Waals surface area contributed by atoms with E-state index in [1.54, 1.807) is 12.1 Å². The molecule has 21 heavy (non-hydrogen) atoms. The highest BCUT2D eigenvalue weighted by Crippen LogP contribution is 2.19.